The van der Waals surface area contributed by atoms with Crippen molar-refractivity contribution >= 4 is 22.6 Å². The molecule has 1 fully saturated rings. The van der Waals surface area contributed by atoms with Gasteiger partial charge in [0.2, 0.25) is 11.8 Å². The molecule has 0 unspecified atom stereocenters. The molecule has 0 saturated carbocycles. The number of hydrogen-bond donors (Lipinski definition) is 0. The summed E-state index contributed by atoms with van der Waals surface area (Å²) < 4.78 is 5.80. The number of nitriles is 2. The fraction of sp³-hybridized carbons (Fsp3) is 0.333. The largest absolute Gasteiger partial charge is 0.376 e. The van der Waals surface area contributed by atoms with Crippen LogP contribution >= 0.6 is 0 Å². The van der Waals surface area contributed by atoms with Gasteiger partial charge in [0.25, 0.3) is 0 Å². The van der Waals surface area contributed by atoms with Crippen molar-refractivity contribution in [3.05, 3.63) is 83.9 Å². The van der Waals surface area contributed by atoms with Gasteiger partial charge in [-0.2, -0.15) is 10.5 Å². The maximum absolute atomic E-state index is 13.6. The van der Waals surface area contributed by atoms with Crippen LogP contribution in [0.1, 0.15) is 37.8 Å². The second-order valence-corrected chi connectivity index (χ2v) is 9.99. The predicted molar refractivity (Wildman–Crippen MR) is 139 cm³/mol. The summed E-state index contributed by atoms with van der Waals surface area (Å²) in [5.74, 6) is -2.41. The maximum Gasteiger partial charge on any atom is 0.245 e. The van der Waals surface area contributed by atoms with E-state index in [1.54, 1.807) is 0 Å². The van der Waals surface area contributed by atoms with Gasteiger partial charge >= 0.3 is 0 Å². The zero-order valence-corrected chi connectivity index (χ0v) is 21.1. The van der Waals surface area contributed by atoms with Gasteiger partial charge in [-0.3, -0.25) is 9.59 Å². The van der Waals surface area contributed by atoms with Crippen LogP contribution < -0.4 is 0 Å². The minimum atomic E-state index is -1.03. The smallest absolute Gasteiger partial charge is 0.245 e. The van der Waals surface area contributed by atoms with E-state index in [2.05, 4.69) is 0 Å². The molecule has 37 heavy (non-hydrogen) atoms. The molecule has 0 aromatic heterocycles. The molecule has 188 valence electrons. The molecule has 4 rings (SSSR count). The number of fused-ring (bicyclic) bond motifs is 1. The number of hydrazine groups is 1. The van der Waals surface area contributed by atoms with Gasteiger partial charge in [-0.15, -0.1) is 0 Å². The Balaban J connectivity index is 1.54. The van der Waals surface area contributed by atoms with E-state index in [4.69, 9.17) is 4.74 Å². The summed E-state index contributed by atoms with van der Waals surface area (Å²) in [6, 6.07) is 27.5. The van der Waals surface area contributed by atoms with E-state index < -0.39 is 23.3 Å². The molecular formula is C30H30N4O3. The van der Waals surface area contributed by atoms with Crippen molar-refractivity contribution in [1.29, 1.82) is 10.5 Å². The van der Waals surface area contributed by atoms with E-state index in [9.17, 15) is 20.1 Å². The van der Waals surface area contributed by atoms with Crippen LogP contribution in [-0.2, 0) is 27.5 Å². The number of rotatable bonds is 9. The topological polar surface area (TPSA) is 97.4 Å². The lowest BCUT2D eigenvalue weighted by Crippen LogP contribution is -2.50. The quantitative estimate of drug-likeness (QED) is 0.416. The van der Waals surface area contributed by atoms with Gasteiger partial charge < -0.3 is 4.74 Å². The van der Waals surface area contributed by atoms with Crippen molar-refractivity contribution in [3.63, 3.8) is 0 Å². The van der Waals surface area contributed by atoms with Gasteiger partial charge in [0.1, 0.15) is 5.92 Å². The Hall–Kier alpha value is -4.04. The van der Waals surface area contributed by atoms with Crippen molar-refractivity contribution in [3.8, 4) is 12.1 Å². The van der Waals surface area contributed by atoms with Gasteiger partial charge in [0.05, 0.1) is 25.4 Å². The number of carbonyl (C=O) groups excluding carboxylic acids is 2. The van der Waals surface area contributed by atoms with E-state index in [-0.39, 0.29) is 25.4 Å². The Morgan fingerprint density at radius 1 is 1.00 bits per heavy atom. The minimum absolute atomic E-state index is 0.0567. The molecule has 7 nitrogen and oxygen atoms in total. The molecule has 1 aliphatic rings. The van der Waals surface area contributed by atoms with Crippen LogP contribution in [0, 0.1) is 34.5 Å². The molecule has 3 aromatic rings. The van der Waals surface area contributed by atoms with Crippen LogP contribution in [0.15, 0.2) is 72.8 Å². The van der Waals surface area contributed by atoms with Crippen LogP contribution in [-0.4, -0.2) is 34.0 Å². The van der Waals surface area contributed by atoms with Crippen molar-refractivity contribution in [1.82, 2.24) is 10.0 Å². The number of nitrogens with zero attached hydrogens (tertiary/aromatic N) is 4. The minimum Gasteiger partial charge on any atom is -0.376 e. The summed E-state index contributed by atoms with van der Waals surface area (Å²) in [6.07, 6.45) is 0.0487. The monoisotopic (exact) mass is 494 g/mol. The highest BCUT2D eigenvalue weighted by Crippen LogP contribution is 2.34. The summed E-state index contributed by atoms with van der Waals surface area (Å²) >= 11 is 0. The first-order valence-corrected chi connectivity index (χ1v) is 12.3. The Morgan fingerprint density at radius 2 is 1.68 bits per heavy atom. The summed E-state index contributed by atoms with van der Waals surface area (Å²) in [4.78, 5) is 26.7. The lowest BCUT2D eigenvalue weighted by atomic mass is 9.92. The molecule has 1 atom stereocenters. The van der Waals surface area contributed by atoms with E-state index >= 15 is 0 Å². The van der Waals surface area contributed by atoms with Crippen molar-refractivity contribution in [2.45, 2.75) is 45.4 Å². The summed E-state index contributed by atoms with van der Waals surface area (Å²) in [5, 5.41) is 24.3. The SMILES string of the molecule is CC1(C)CC(=O)N(C(=O)C[C@H](COCc2ccccc2)C(C#N)C#N)N1Cc1cccc2ccccc12. The molecule has 7 heteroatoms. The average Bonchev–Trinajstić information content (AvgIpc) is 3.12. The van der Waals surface area contributed by atoms with Crippen molar-refractivity contribution in [2.75, 3.05) is 6.61 Å². The van der Waals surface area contributed by atoms with E-state index in [1.165, 1.54) is 5.01 Å². The second-order valence-electron chi connectivity index (χ2n) is 9.99. The first-order chi connectivity index (χ1) is 17.8. The van der Waals surface area contributed by atoms with Crippen molar-refractivity contribution < 1.29 is 14.3 Å². The summed E-state index contributed by atoms with van der Waals surface area (Å²) in [5.41, 5.74) is 1.39. The van der Waals surface area contributed by atoms with Crippen LogP contribution in [0.25, 0.3) is 10.8 Å². The van der Waals surface area contributed by atoms with E-state index in [1.807, 2.05) is 104 Å². The summed E-state index contributed by atoms with van der Waals surface area (Å²) in [6.45, 7) is 4.62. The first-order valence-electron chi connectivity index (χ1n) is 12.3. The Bertz CT molecular complexity index is 1340. The zero-order valence-electron chi connectivity index (χ0n) is 21.1. The normalized spacial score (nSPS) is 16.0. The zero-order chi connectivity index (χ0) is 26.4. The van der Waals surface area contributed by atoms with Crippen molar-refractivity contribution in [2.24, 2.45) is 11.8 Å². The van der Waals surface area contributed by atoms with Crippen LogP contribution in [0.5, 0.6) is 0 Å². The molecule has 0 N–H and O–H groups in total. The lowest BCUT2D eigenvalue weighted by Gasteiger charge is -2.36. The molecule has 0 radical (unpaired) electrons. The Kier molecular flexibility index (Phi) is 7.98. The fourth-order valence-corrected chi connectivity index (χ4v) is 4.82. The Morgan fingerprint density at radius 3 is 2.41 bits per heavy atom. The molecule has 1 saturated heterocycles. The summed E-state index contributed by atoms with van der Waals surface area (Å²) in [7, 11) is 0. The second kappa shape index (κ2) is 11.3. The first kappa shape index (κ1) is 26.0. The molecule has 2 amide bonds. The molecule has 0 bridgehead atoms. The molecular weight excluding hydrogens is 464 g/mol. The number of amides is 2. The van der Waals surface area contributed by atoms with Gasteiger partial charge in [-0.1, -0.05) is 72.8 Å². The van der Waals surface area contributed by atoms with Gasteiger partial charge in [0, 0.05) is 30.8 Å². The number of hydrogen-bond acceptors (Lipinski definition) is 6. The standard InChI is InChI=1S/C30H30N4O3/c1-30(2)16-29(36)34(33(30)19-24-13-8-12-23-11-6-7-14-27(23)24)28(35)15-25(26(17-31)18-32)21-37-20-22-9-4-3-5-10-22/h3-14,25-26H,15-16,19-21H2,1-2H3/t25-/m1/s1. The highest BCUT2D eigenvalue weighted by Gasteiger charge is 2.47. The van der Waals surface area contributed by atoms with Crippen LogP contribution in [0.2, 0.25) is 0 Å². The van der Waals surface area contributed by atoms with Gasteiger partial charge in [-0.05, 0) is 35.7 Å². The molecule has 1 heterocycles. The average molecular weight is 495 g/mol. The Labute approximate surface area is 217 Å². The van der Waals surface area contributed by atoms with Crippen LogP contribution in [0.4, 0.5) is 0 Å². The third-order valence-corrected chi connectivity index (χ3v) is 6.83. The third kappa shape index (κ3) is 5.86. The molecule has 3 aromatic carbocycles. The number of imide groups is 1. The lowest BCUT2D eigenvalue weighted by molar-refractivity contribution is -0.162. The van der Waals surface area contributed by atoms with Gasteiger partial charge in [-0.25, -0.2) is 10.0 Å². The highest BCUT2D eigenvalue weighted by molar-refractivity contribution is 5.97. The highest BCUT2D eigenvalue weighted by atomic mass is 16.5. The number of carbonyl (C=O) groups is 2. The number of ether oxygens (including phenoxy) is 1. The van der Waals surface area contributed by atoms with E-state index in [0.29, 0.717) is 13.2 Å². The maximum atomic E-state index is 13.6. The third-order valence-electron chi connectivity index (χ3n) is 6.83. The predicted octanol–water partition coefficient (Wildman–Crippen LogP) is 4.98. The van der Waals surface area contributed by atoms with E-state index in [0.717, 1.165) is 21.9 Å². The van der Waals surface area contributed by atoms with Crippen LogP contribution in [0.3, 0.4) is 0 Å². The number of benzene rings is 3. The molecule has 1 aliphatic heterocycles. The van der Waals surface area contributed by atoms with Gasteiger partial charge in [0.15, 0.2) is 0 Å². The molecule has 0 aliphatic carbocycles. The fourth-order valence-electron chi connectivity index (χ4n) is 4.82. The molecule has 0 spiro atoms.